The van der Waals surface area contributed by atoms with Crippen LogP contribution in [0.2, 0.25) is 5.15 Å². The number of aryl methyl sites for hydroxylation is 1. The molecule has 8 nitrogen and oxygen atoms in total. The Morgan fingerprint density at radius 1 is 1.26 bits per heavy atom. The van der Waals surface area contributed by atoms with Crippen LogP contribution < -0.4 is 14.8 Å². The van der Waals surface area contributed by atoms with E-state index in [0.717, 1.165) is 11.3 Å². The summed E-state index contributed by atoms with van der Waals surface area (Å²) in [7, 11) is 1.49. The number of amides is 1. The summed E-state index contributed by atoms with van der Waals surface area (Å²) in [5.41, 5.74) is 1.82. The van der Waals surface area contributed by atoms with Gasteiger partial charge in [-0.3, -0.25) is 15.1 Å². The van der Waals surface area contributed by atoms with Crippen molar-refractivity contribution < 1.29 is 23.0 Å². The van der Waals surface area contributed by atoms with Gasteiger partial charge in [0.25, 0.3) is 11.1 Å². The van der Waals surface area contributed by atoms with Gasteiger partial charge in [-0.1, -0.05) is 16.7 Å². The molecule has 1 amide bonds. The van der Waals surface area contributed by atoms with Gasteiger partial charge in [0.15, 0.2) is 0 Å². The number of ether oxygens (including phenoxy) is 2. The molecule has 4 rings (SSSR count). The first-order chi connectivity index (χ1) is 16.3. The fraction of sp³-hybridized carbons (Fsp3) is 0.409. The Morgan fingerprint density at radius 3 is 2.65 bits per heavy atom. The number of alkyl halides is 2. The summed E-state index contributed by atoms with van der Waals surface area (Å²) in [5, 5.41) is 11.0. The Hall–Kier alpha value is -2.92. The Labute approximate surface area is 203 Å². The van der Waals surface area contributed by atoms with Crippen molar-refractivity contribution in [2.75, 3.05) is 19.0 Å². The summed E-state index contributed by atoms with van der Waals surface area (Å²) in [6, 6.07) is 3.48. The summed E-state index contributed by atoms with van der Waals surface area (Å²) < 4.78 is 37.8. The monoisotopic (exact) mass is 509 g/mol. The zero-order valence-corrected chi connectivity index (χ0v) is 20.1. The van der Waals surface area contributed by atoms with Gasteiger partial charge in [-0.05, 0) is 54.7 Å². The van der Waals surface area contributed by atoms with Crippen LogP contribution in [0.15, 0.2) is 24.5 Å². The molecular formula is C22H22ClF2N5O3S. The number of carbonyl (C=O) groups excluding carboxylic acids is 1. The van der Waals surface area contributed by atoms with E-state index in [2.05, 4.69) is 25.5 Å². The minimum Gasteiger partial charge on any atom is -0.494 e. The molecule has 1 saturated carbocycles. The van der Waals surface area contributed by atoms with Gasteiger partial charge >= 0.3 is 0 Å². The lowest BCUT2D eigenvalue weighted by Gasteiger charge is -2.27. The highest BCUT2D eigenvalue weighted by Crippen LogP contribution is 2.39. The molecule has 3 aromatic rings. The smallest absolute Gasteiger partial charge is 0.295 e. The molecule has 0 aromatic carbocycles. The number of nitrogens with zero attached hydrogens (tertiary/aromatic N) is 4. The molecule has 0 spiro atoms. The number of hydrogen-bond donors (Lipinski definition) is 1. The lowest BCUT2D eigenvalue weighted by atomic mass is 9.87. The van der Waals surface area contributed by atoms with Crippen molar-refractivity contribution in [1.82, 2.24) is 20.2 Å². The number of rotatable bonds is 7. The molecule has 0 atom stereocenters. The van der Waals surface area contributed by atoms with E-state index in [1.165, 1.54) is 7.11 Å². The zero-order chi connectivity index (χ0) is 24.3. The van der Waals surface area contributed by atoms with Crippen molar-refractivity contribution >= 4 is 34.0 Å². The number of nitrogens with one attached hydrogen (secondary N) is 1. The van der Waals surface area contributed by atoms with Gasteiger partial charge in [-0.15, -0.1) is 5.10 Å². The van der Waals surface area contributed by atoms with E-state index in [4.69, 9.17) is 21.1 Å². The first kappa shape index (κ1) is 24.2. The predicted octanol–water partition coefficient (Wildman–Crippen LogP) is 5.42. The third-order valence-electron chi connectivity index (χ3n) is 5.58. The van der Waals surface area contributed by atoms with Crippen LogP contribution in [-0.2, 0) is 0 Å². The number of carbonyl (C=O) groups is 1. The molecule has 1 aliphatic carbocycles. The number of anilines is 1. The zero-order valence-electron chi connectivity index (χ0n) is 18.5. The minimum atomic E-state index is -2.58. The first-order valence-electron chi connectivity index (χ1n) is 10.6. The van der Waals surface area contributed by atoms with Crippen LogP contribution in [0.5, 0.6) is 10.9 Å². The third-order valence-corrected chi connectivity index (χ3v) is 6.61. The summed E-state index contributed by atoms with van der Waals surface area (Å²) in [5.74, 6) is -2.67. The van der Waals surface area contributed by atoms with E-state index in [1.807, 2.05) is 0 Å². The van der Waals surface area contributed by atoms with Crippen molar-refractivity contribution in [2.45, 2.75) is 38.5 Å². The standard InChI is InChI=1S/C22H22ClF2N5O3S/c1-12-17(32-2)15(14-5-9-26-10-6-14)16(18(23)27-12)19(31)28-20-29-30-21(34-20)33-11-13-3-7-22(24,25)8-4-13/h5-6,9-10,13H,3-4,7-8,11H2,1-2H3,(H,28,29,31). The van der Waals surface area contributed by atoms with Crippen LogP contribution in [0.1, 0.15) is 41.7 Å². The van der Waals surface area contributed by atoms with Gasteiger partial charge in [0, 0.05) is 30.8 Å². The Balaban J connectivity index is 1.50. The Morgan fingerprint density at radius 2 is 1.97 bits per heavy atom. The molecule has 3 aromatic heterocycles. The second kappa shape index (κ2) is 10.1. The van der Waals surface area contributed by atoms with E-state index in [-0.39, 0.29) is 46.4 Å². The average molecular weight is 510 g/mol. The van der Waals surface area contributed by atoms with Gasteiger partial charge < -0.3 is 9.47 Å². The maximum Gasteiger partial charge on any atom is 0.295 e. The van der Waals surface area contributed by atoms with Crippen molar-refractivity contribution in [3.8, 4) is 22.1 Å². The highest BCUT2D eigenvalue weighted by molar-refractivity contribution is 7.17. The van der Waals surface area contributed by atoms with Crippen LogP contribution in [0.3, 0.4) is 0 Å². The number of halogens is 3. The second-order valence-electron chi connectivity index (χ2n) is 7.94. The summed E-state index contributed by atoms with van der Waals surface area (Å²) in [4.78, 5) is 21.5. The van der Waals surface area contributed by atoms with Crippen LogP contribution in [0.4, 0.5) is 13.9 Å². The highest BCUT2D eigenvalue weighted by atomic mass is 35.5. The molecule has 1 N–H and O–H groups in total. The minimum absolute atomic E-state index is 0.0118. The van der Waals surface area contributed by atoms with Gasteiger partial charge in [-0.2, -0.15) is 0 Å². The van der Waals surface area contributed by atoms with Crippen molar-refractivity contribution in [1.29, 1.82) is 0 Å². The lowest BCUT2D eigenvalue weighted by Crippen LogP contribution is -2.27. The van der Waals surface area contributed by atoms with E-state index in [1.54, 1.807) is 31.5 Å². The summed E-state index contributed by atoms with van der Waals surface area (Å²) in [6.07, 6.45) is 3.73. The largest absolute Gasteiger partial charge is 0.494 e. The molecule has 12 heteroatoms. The topological polar surface area (TPSA) is 99.1 Å². The van der Waals surface area contributed by atoms with Crippen LogP contribution in [0, 0.1) is 12.8 Å². The van der Waals surface area contributed by atoms with Crippen LogP contribution >= 0.6 is 22.9 Å². The van der Waals surface area contributed by atoms with Crippen molar-refractivity contribution in [3.05, 3.63) is 40.9 Å². The molecule has 0 aliphatic heterocycles. The molecule has 0 unspecified atom stereocenters. The first-order valence-corrected chi connectivity index (χ1v) is 11.8. The van der Waals surface area contributed by atoms with Crippen LogP contribution in [0.25, 0.3) is 11.1 Å². The van der Waals surface area contributed by atoms with Gasteiger partial charge in [0.05, 0.1) is 25.0 Å². The van der Waals surface area contributed by atoms with Gasteiger partial charge in [0.1, 0.15) is 10.9 Å². The molecule has 0 bridgehead atoms. The molecule has 1 aliphatic rings. The van der Waals surface area contributed by atoms with Crippen molar-refractivity contribution in [2.24, 2.45) is 5.92 Å². The van der Waals surface area contributed by atoms with Gasteiger partial charge in [0.2, 0.25) is 11.1 Å². The Kier molecular flexibility index (Phi) is 7.22. The molecule has 0 radical (unpaired) electrons. The highest BCUT2D eigenvalue weighted by Gasteiger charge is 2.35. The molecule has 1 fully saturated rings. The van der Waals surface area contributed by atoms with E-state index in [0.29, 0.717) is 35.4 Å². The fourth-order valence-corrected chi connectivity index (χ4v) is 4.74. The number of pyridine rings is 2. The predicted molar refractivity (Wildman–Crippen MR) is 124 cm³/mol. The molecule has 3 heterocycles. The van der Waals surface area contributed by atoms with Crippen LogP contribution in [-0.4, -0.2) is 45.7 Å². The average Bonchev–Trinajstić information content (AvgIpc) is 3.25. The van der Waals surface area contributed by atoms with Gasteiger partial charge in [-0.25, -0.2) is 13.8 Å². The van der Waals surface area contributed by atoms with E-state index < -0.39 is 11.8 Å². The van der Waals surface area contributed by atoms with Crippen molar-refractivity contribution in [3.63, 3.8) is 0 Å². The molecule has 34 heavy (non-hydrogen) atoms. The SMILES string of the molecule is COc1c(C)nc(Cl)c(C(=O)Nc2nnc(OCC3CCC(F)(F)CC3)s2)c1-c1ccncc1. The number of methoxy groups -OCH3 is 1. The number of aromatic nitrogens is 4. The molecular weight excluding hydrogens is 488 g/mol. The normalized spacial score (nSPS) is 15.7. The molecule has 180 valence electrons. The maximum absolute atomic E-state index is 13.3. The maximum atomic E-state index is 13.3. The summed E-state index contributed by atoms with van der Waals surface area (Å²) >= 11 is 7.42. The third kappa shape index (κ3) is 5.41. The van der Waals surface area contributed by atoms with E-state index >= 15 is 0 Å². The number of hydrogen-bond acceptors (Lipinski definition) is 8. The summed E-state index contributed by atoms with van der Waals surface area (Å²) in [6.45, 7) is 2.01. The molecule has 0 saturated heterocycles. The van der Waals surface area contributed by atoms with E-state index in [9.17, 15) is 13.6 Å². The quantitative estimate of drug-likeness (QED) is 0.424. The Bertz CT molecular complexity index is 1170. The fourth-order valence-electron chi connectivity index (χ4n) is 3.84. The lowest BCUT2D eigenvalue weighted by molar-refractivity contribution is -0.0498. The second-order valence-corrected chi connectivity index (χ2v) is 9.24.